The second kappa shape index (κ2) is 7.36. The monoisotopic (exact) mass is 363 g/mol. The van der Waals surface area contributed by atoms with E-state index in [1.807, 2.05) is 6.07 Å². The third-order valence-electron chi connectivity index (χ3n) is 5.87. The van der Waals surface area contributed by atoms with Crippen LogP contribution in [0.2, 0.25) is 0 Å². The van der Waals surface area contributed by atoms with Crippen molar-refractivity contribution in [2.75, 3.05) is 39.6 Å². The van der Waals surface area contributed by atoms with Gasteiger partial charge in [-0.3, -0.25) is 4.90 Å². The van der Waals surface area contributed by atoms with Gasteiger partial charge >= 0.3 is 0 Å². The minimum atomic E-state index is -0.646. The summed E-state index contributed by atoms with van der Waals surface area (Å²) in [5.74, 6) is 6.00. The molecule has 3 fully saturated rings. The average Bonchev–Trinajstić information content (AvgIpc) is 3.08. The van der Waals surface area contributed by atoms with Crippen LogP contribution in [0.25, 0.3) is 0 Å². The van der Waals surface area contributed by atoms with Crippen LogP contribution in [-0.4, -0.2) is 66.3 Å². The highest BCUT2D eigenvalue weighted by Crippen LogP contribution is 2.44. The molecule has 0 amide bonds. The van der Waals surface area contributed by atoms with Gasteiger partial charge in [0.05, 0.1) is 23.7 Å². The van der Waals surface area contributed by atoms with E-state index < -0.39 is 5.60 Å². The highest BCUT2D eigenvalue weighted by Gasteiger charge is 2.55. The van der Waals surface area contributed by atoms with Crippen LogP contribution in [0.5, 0.6) is 0 Å². The van der Waals surface area contributed by atoms with E-state index >= 15 is 0 Å². The molecular weight excluding hydrogens is 338 g/mol. The summed E-state index contributed by atoms with van der Waals surface area (Å²) in [6.45, 7) is 4.33. The van der Waals surface area contributed by atoms with Gasteiger partial charge in [0.15, 0.2) is 0 Å². The summed E-state index contributed by atoms with van der Waals surface area (Å²) >= 11 is 1.68. The molecule has 4 heterocycles. The number of piperidine rings is 1. The first-order chi connectivity index (χ1) is 12.2. The number of aliphatic hydroxyl groups is 2. The molecule has 136 valence electrons. The van der Waals surface area contributed by atoms with Crippen molar-refractivity contribution in [3.63, 3.8) is 0 Å². The summed E-state index contributed by atoms with van der Waals surface area (Å²) in [6, 6.07) is 4.51. The summed E-state index contributed by atoms with van der Waals surface area (Å²) in [5, 5.41) is 20.2. The van der Waals surface area contributed by atoms with Gasteiger partial charge in [-0.05, 0) is 18.6 Å². The van der Waals surface area contributed by atoms with Crippen LogP contribution >= 0.6 is 11.3 Å². The van der Waals surface area contributed by atoms with Crippen LogP contribution in [-0.2, 0) is 16.0 Å². The van der Waals surface area contributed by atoms with E-state index in [2.05, 4.69) is 22.8 Å². The summed E-state index contributed by atoms with van der Waals surface area (Å²) in [7, 11) is 0. The lowest BCUT2D eigenvalue weighted by Crippen LogP contribution is -2.67. The molecule has 25 heavy (non-hydrogen) atoms. The average molecular weight is 363 g/mol. The van der Waals surface area contributed by atoms with E-state index in [0.29, 0.717) is 25.9 Å². The Hall–Kier alpha value is -0.940. The zero-order chi connectivity index (χ0) is 17.3. The molecule has 0 radical (unpaired) electrons. The third-order valence-corrected chi connectivity index (χ3v) is 6.86. The molecule has 3 saturated heterocycles. The minimum absolute atomic E-state index is 0.108. The van der Waals surface area contributed by atoms with Crippen LogP contribution in [0.3, 0.4) is 0 Å². The van der Waals surface area contributed by atoms with E-state index in [1.165, 1.54) is 4.88 Å². The number of likely N-dealkylation sites (tertiary alicyclic amines) is 1. The Balaban J connectivity index is 1.53. The molecule has 3 aliphatic rings. The summed E-state index contributed by atoms with van der Waals surface area (Å²) < 4.78 is 11.4. The van der Waals surface area contributed by atoms with Crippen molar-refractivity contribution in [3.05, 3.63) is 21.9 Å². The van der Waals surface area contributed by atoms with Gasteiger partial charge in [0, 0.05) is 55.5 Å². The lowest BCUT2D eigenvalue weighted by Gasteiger charge is -2.57. The first-order valence-corrected chi connectivity index (χ1v) is 9.82. The van der Waals surface area contributed by atoms with Crippen molar-refractivity contribution in [1.82, 2.24) is 4.90 Å². The van der Waals surface area contributed by atoms with E-state index in [4.69, 9.17) is 14.6 Å². The van der Waals surface area contributed by atoms with Crippen molar-refractivity contribution in [2.24, 2.45) is 11.8 Å². The number of thiophene rings is 1. The SMILES string of the molecule is OCC#Cc1ccc(CN2C[C@H]3COCC[C@@]3(O)[C@@H]3COCC[C@@H]32)s1. The number of rotatable bonds is 2. The molecule has 1 aromatic heterocycles. The normalized spacial score (nSPS) is 35.4. The first kappa shape index (κ1) is 17.5. The number of fused-ring (bicyclic) bond motifs is 3. The molecule has 5 nitrogen and oxygen atoms in total. The van der Waals surface area contributed by atoms with Crippen molar-refractivity contribution in [2.45, 2.75) is 31.0 Å². The predicted molar refractivity (Wildman–Crippen MR) is 95.3 cm³/mol. The molecule has 0 aromatic carbocycles. The zero-order valence-corrected chi connectivity index (χ0v) is 15.1. The minimum Gasteiger partial charge on any atom is -0.389 e. The Morgan fingerprint density at radius 2 is 2.16 bits per heavy atom. The van der Waals surface area contributed by atoms with E-state index in [1.54, 1.807) is 11.3 Å². The van der Waals surface area contributed by atoms with Crippen LogP contribution in [0.4, 0.5) is 0 Å². The Kier molecular flexibility index (Phi) is 5.14. The van der Waals surface area contributed by atoms with E-state index in [9.17, 15) is 5.11 Å². The molecule has 2 N–H and O–H groups in total. The maximum Gasteiger partial charge on any atom is 0.104 e. The molecule has 0 unspecified atom stereocenters. The Bertz CT molecular complexity index is 666. The van der Waals surface area contributed by atoms with Crippen LogP contribution in [0.1, 0.15) is 22.6 Å². The van der Waals surface area contributed by atoms with Gasteiger partial charge in [0.25, 0.3) is 0 Å². The van der Waals surface area contributed by atoms with Gasteiger partial charge in [-0.2, -0.15) is 0 Å². The van der Waals surface area contributed by atoms with Crippen LogP contribution in [0.15, 0.2) is 12.1 Å². The number of hydrogen-bond acceptors (Lipinski definition) is 6. The van der Waals surface area contributed by atoms with Crippen molar-refractivity contribution in [3.8, 4) is 11.8 Å². The van der Waals surface area contributed by atoms with Gasteiger partial charge in [0.2, 0.25) is 0 Å². The summed E-state index contributed by atoms with van der Waals surface area (Å²) in [5.41, 5.74) is -0.646. The second-order valence-electron chi connectivity index (χ2n) is 7.21. The molecule has 3 aliphatic heterocycles. The number of aliphatic hydroxyl groups excluding tert-OH is 1. The predicted octanol–water partition coefficient (Wildman–Crippen LogP) is 1.08. The lowest BCUT2D eigenvalue weighted by molar-refractivity contribution is -0.221. The van der Waals surface area contributed by atoms with Crippen LogP contribution in [0, 0.1) is 23.7 Å². The highest BCUT2D eigenvalue weighted by atomic mass is 32.1. The molecule has 0 bridgehead atoms. The molecular formula is C19H25NO4S. The van der Waals surface area contributed by atoms with Crippen molar-refractivity contribution in [1.29, 1.82) is 0 Å². The zero-order valence-electron chi connectivity index (χ0n) is 14.3. The van der Waals surface area contributed by atoms with Crippen molar-refractivity contribution < 1.29 is 19.7 Å². The Morgan fingerprint density at radius 3 is 3.04 bits per heavy atom. The first-order valence-electron chi connectivity index (χ1n) is 9.01. The topological polar surface area (TPSA) is 62.2 Å². The largest absolute Gasteiger partial charge is 0.389 e. The maximum atomic E-state index is 11.3. The molecule has 6 heteroatoms. The lowest BCUT2D eigenvalue weighted by atomic mass is 9.66. The fourth-order valence-corrected chi connectivity index (χ4v) is 5.52. The number of nitrogens with zero attached hydrogens (tertiary/aromatic N) is 1. The quantitative estimate of drug-likeness (QED) is 0.770. The van der Waals surface area contributed by atoms with E-state index in [0.717, 1.165) is 37.4 Å². The third kappa shape index (κ3) is 3.37. The van der Waals surface area contributed by atoms with Gasteiger partial charge in [0.1, 0.15) is 6.61 Å². The number of hydrogen-bond donors (Lipinski definition) is 2. The fourth-order valence-electron chi connectivity index (χ4n) is 4.61. The Labute approximate surface area is 152 Å². The molecule has 0 spiro atoms. The van der Waals surface area contributed by atoms with Gasteiger partial charge in [-0.25, -0.2) is 0 Å². The van der Waals surface area contributed by atoms with Gasteiger partial charge in [-0.1, -0.05) is 11.8 Å². The second-order valence-corrected chi connectivity index (χ2v) is 8.37. The molecule has 0 saturated carbocycles. The molecule has 0 aliphatic carbocycles. The smallest absolute Gasteiger partial charge is 0.104 e. The molecule has 1 aromatic rings. The van der Waals surface area contributed by atoms with Crippen molar-refractivity contribution >= 4 is 11.3 Å². The number of ether oxygens (including phenoxy) is 2. The Morgan fingerprint density at radius 1 is 1.28 bits per heavy atom. The molecule has 4 atom stereocenters. The maximum absolute atomic E-state index is 11.3. The van der Waals surface area contributed by atoms with Gasteiger partial charge < -0.3 is 19.7 Å². The van der Waals surface area contributed by atoms with Crippen LogP contribution < -0.4 is 0 Å². The fraction of sp³-hybridized carbons (Fsp3) is 0.684. The van der Waals surface area contributed by atoms with E-state index in [-0.39, 0.29) is 18.4 Å². The summed E-state index contributed by atoms with van der Waals surface area (Å²) in [4.78, 5) is 4.77. The summed E-state index contributed by atoms with van der Waals surface area (Å²) in [6.07, 6.45) is 1.69. The molecule has 4 rings (SSSR count). The highest BCUT2D eigenvalue weighted by molar-refractivity contribution is 7.12. The standard InChI is InChI=1S/C19H25NO4S/c21-7-1-2-15-3-4-16(25-15)11-20-10-14-12-24-9-6-19(14,22)17-13-23-8-5-18(17)20/h3-4,14,17-18,21-22H,5-13H2/t14-,17+,18-,19-/m0/s1. The van der Waals surface area contributed by atoms with Gasteiger partial charge in [-0.15, -0.1) is 11.3 Å².